The number of hydrogen-bond donors (Lipinski definition) is 7. The Hall–Kier alpha value is -4.52. The van der Waals surface area contributed by atoms with Crippen molar-refractivity contribution in [1.82, 2.24) is 10.3 Å². The number of aliphatic imine (C=N–C) groups is 1. The molecule has 0 amide bonds. The Bertz CT molecular complexity index is 1710. The summed E-state index contributed by atoms with van der Waals surface area (Å²) in [6.45, 7) is 0.492. The summed E-state index contributed by atoms with van der Waals surface area (Å²) >= 11 is 0. The number of hydrogen-bond acceptors (Lipinski definition) is 9. The van der Waals surface area contributed by atoms with Gasteiger partial charge in [0.25, 0.3) is 0 Å². The van der Waals surface area contributed by atoms with Crippen LogP contribution in [0.4, 0.5) is 5.82 Å². The van der Waals surface area contributed by atoms with Crippen molar-refractivity contribution in [2.75, 3.05) is 6.54 Å². The molecule has 9 N–H and O–H groups in total. The molecule has 3 aromatic rings. The van der Waals surface area contributed by atoms with Gasteiger partial charge >= 0.3 is 5.97 Å². The van der Waals surface area contributed by atoms with E-state index in [2.05, 4.69) is 39.6 Å². The number of aliphatic carboxylic acids is 1. The smallest absolute Gasteiger partial charge is 0.328 e. The van der Waals surface area contributed by atoms with E-state index >= 15 is 0 Å². The Morgan fingerprint density at radius 2 is 1.87 bits per heavy atom. The summed E-state index contributed by atoms with van der Waals surface area (Å²) in [6.07, 6.45) is 11.2. The molecule has 0 bridgehead atoms. The number of rotatable bonds is 20. The summed E-state index contributed by atoms with van der Waals surface area (Å²) in [7, 11) is 0. The maximum Gasteiger partial charge on any atom is 0.328 e. The lowest BCUT2D eigenvalue weighted by molar-refractivity contribution is -0.131. The number of carbonyl (C=O) groups is 3. The largest absolute Gasteiger partial charge is 0.478 e. The molecule has 1 aliphatic heterocycles. The zero-order valence-electron chi connectivity index (χ0n) is 29.7. The number of benzene rings is 2. The highest BCUT2D eigenvalue weighted by Gasteiger charge is 2.34. The van der Waals surface area contributed by atoms with Crippen molar-refractivity contribution >= 4 is 41.1 Å². The first-order chi connectivity index (χ1) is 25.1. The van der Waals surface area contributed by atoms with Gasteiger partial charge in [0.15, 0.2) is 12.2 Å². The fourth-order valence-electron chi connectivity index (χ4n) is 8.03. The number of aliphatic hydroxyl groups is 2. The molecule has 0 unspecified atom stereocenters. The summed E-state index contributed by atoms with van der Waals surface area (Å²) in [6, 6.07) is 13.6. The van der Waals surface area contributed by atoms with Gasteiger partial charge < -0.3 is 52.0 Å². The van der Waals surface area contributed by atoms with E-state index in [1.807, 2.05) is 18.2 Å². The van der Waals surface area contributed by atoms with E-state index in [-0.39, 0.29) is 36.3 Å². The average molecular weight is 714 g/mol. The van der Waals surface area contributed by atoms with Gasteiger partial charge in [-0.15, -0.1) is 0 Å². The SMILES string of the molecule is NC1=NCC[C@H](/C(=C\C(=O)O)[C@@H](C[C@H]2CCc3cc4ccc(CC=O)cc4cc3[C@@H]2CCC[C@@H](N)CC[C@H](C=O)CCC(O)O)[N-]c2ccc[nH]2)N1. The number of fused-ring (bicyclic) bond motifs is 2. The van der Waals surface area contributed by atoms with Gasteiger partial charge in [-0.25, -0.2) is 4.79 Å². The summed E-state index contributed by atoms with van der Waals surface area (Å²) in [5.41, 5.74) is 16.9. The first-order valence-electron chi connectivity index (χ1n) is 18.5. The Balaban J connectivity index is 1.42. The van der Waals surface area contributed by atoms with Crippen molar-refractivity contribution < 1.29 is 29.7 Å². The number of nitrogens with zero attached hydrogens (tertiary/aromatic N) is 2. The Morgan fingerprint density at radius 1 is 1.04 bits per heavy atom. The zero-order valence-corrected chi connectivity index (χ0v) is 29.7. The third kappa shape index (κ3) is 10.8. The van der Waals surface area contributed by atoms with Crippen LogP contribution in [0.25, 0.3) is 16.1 Å². The van der Waals surface area contributed by atoms with E-state index in [0.717, 1.165) is 61.0 Å². The van der Waals surface area contributed by atoms with Crippen molar-refractivity contribution in [1.29, 1.82) is 0 Å². The van der Waals surface area contributed by atoms with Crippen LogP contribution in [-0.2, 0) is 27.2 Å². The number of aryl methyl sites for hydroxylation is 1. The number of aromatic amines is 1. The van der Waals surface area contributed by atoms with Crippen molar-refractivity contribution in [3.63, 3.8) is 0 Å². The third-order valence-corrected chi connectivity index (χ3v) is 10.7. The van der Waals surface area contributed by atoms with Crippen LogP contribution in [0.1, 0.15) is 86.8 Å². The fraction of sp³-hybridized carbons (Fsp3) is 0.500. The zero-order chi connectivity index (χ0) is 37.0. The molecule has 0 saturated heterocycles. The van der Waals surface area contributed by atoms with Gasteiger partial charge in [0, 0.05) is 31.0 Å². The molecule has 12 heteroatoms. The fourth-order valence-corrected chi connectivity index (χ4v) is 8.03. The second-order valence-electron chi connectivity index (χ2n) is 14.4. The van der Waals surface area contributed by atoms with Crippen LogP contribution in [-0.4, -0.2) is 75.8 Å². The maximum atomic E-state index is 12.3. The van der Waals surface area contributed by atoms with Gasteiger partial charge in [0.05, 0.1) is 6.04 Å². The number of aldehydes is 2. The molecule has 0 radical (unpaired) electrons. The molecule has 12 nitrogen and oxygen atoms in total. The highest BCUT2D eigenvalue weighted by molar-refractivity contribution is 5.86. The van der Waals surface area contributed by atoms with Gasteiger partial charge in [-0.05, 0) is 115 Å². The average Bonchev–Trinajstić information content (AvgIpc) is 3.63. The molecular formula is C40H53N6O6-. The first-order valence-corrected chi connectivity index (χ1v) is 18.5. The van der Waals surface area contributed by atoms with Crippen molar-refractivity contribution in [3.8, 4) is 0 Å². The van der Waals surface area contributed by atoms with Gasteiger partial charge in [-0.3, -0.25) is 4.99 Å². The molecular weight excluding hydrogens is 660 g/mol. The molecule has 6 atom stereocenters. The normalized spacial score (nSPS) is 20.7. The number of carboxylic acids is 1. The van der Waals surface area contributed by atoms with Gasteiger partial charge in [0.2, 0.25) is 0 Å². The molecule has 0 saturated carbocycles. The van der Waals surface area contributed by atoms with E-state index in [4.69, 9.17) is 16.8 Å². The highest BCUT2D eigenvalue weighted by Crippen LogP contribution is 2.45. The van der Waals surface area contributed by atoms with Crippen LogP contribution in [0.2, 0.25) is 0 Å². The lowest BCUT2D eigenvalue weighted by atomic mass is 9.69. The number of aliphatic hydroxyl groups excluding tert-OH is 1. The minimum atomic E-state index is -1.42. The number of aromatic nitrogens is 1. The molecule has 2 aromatic carbocycles. The van der Waals surface area contributed by atoms with E-state index in [0.29, 0.717) is 62.4 Å². The van der Waals surface area contributed by atoms with Crippen molar-refractivity contribution in [3.05, 3.63) is 82.3 Å². The molecule has 1 aromatic heterocycles. The number of carbonyl (C=O) groups excluding carboxylic acids is 2. The number of H-pyrrole nitrogens is 1. The van der Waals surface area contributed by atoms with E-state index in [9.17, 15) is 29.7 Å². The second kappa shape index (κ2) is 18.8. The molecule has 2 heterocycles. The number of guanidine groups is 1. The number of nitrogens with two attached hydrogens (primary N) is 2. The van der Waals surface area contributed by atoms with Gasteiger partial charge in [-0.1, -0.05) is 60.9 Å². The van der Waals surface area contributed by atoms with Crippen LogP contribution < -0.4 is 16.8 Å². The Labute approximate surface area is 305 Å². The lowest BCUT2D eigenvalue weighted by Gasteiger charge is -2.40. The predicted molar refractivity (Wildman–Crippen MR) is 202 cm³/mol. The summed E-state index contributed by atoms with van der Waals surface area (Å²) in [5, 5.41) is 39.0. The lowest BCUT2D eigenvalue weighted by Crippen LogP contribution is -2.47. The maximum absolute atomic E-state index is 12.3. The van der Waals surface area contributed by atoms with Crippen LogP contribution in [0.15, 0.2) is 65.3 Å². The minimum absolute atomic E-state index is 0.101. The molecule has 0 fully saturated rings. The Kier molecular flexibility index (Phi) is 14.0. The molecule has 52 heavy (non-hydrogen) atoms. The van der Waals surface area contributed by atoms with E-state index < -0.39 is 18.3 Å². The van der Waals surface area contributed by atoms with Crippen LogP contribution in [0, 0.1) is 11.8 Å². The topological polar surface area (TPSA) is 218 Å². The summed E-state index contributed by atoms with van der Waals surface area (Å²) in [4.78, 5) is 42.6. The third-order valence-electron chi connectivity index (χ3n) is 10.7. The van der Waals surface area contributed by atoms with Crippen molar-refractivity contribution in [2.45, 2.75) is 107 Å². The Morgan fingerprint density at radius 3 is 2.58 bits per heavy atom. The van der Waals surface area contributed by atoms with Crippen LogP contribution >= 0.6 is 0 Å². The summed E-state index contributed by atoms with van der Waals surface area (Å²) < 4.78 is 0. The molecule has 280 valence electrons. The van der Waals surface area contributed by atoms with Gasteiger partial charge in [0.1, 0.15) is 12.6 Å². The summed E-state index contributed by atoms with van der Waals surface area (Å²) in [5.74, 6) is 0.00697. The van der Waals surface area contributed by atoms with Gasteiger partial charge in [-0.2, -0.15) is 0 Å². The monoisotopic (exact) mass is 713 g/mol. The first kappa shape index (κ1) is 38.7. The molecule has 0 spiro atoms. The van der Waals surface area contributed by atoms with Crippen molar-refractivity contribution in [2.24, 2.45) is 28.3 Å². The standard InChI is InChI=1S/C40H53N6O6/c41-31(12-7-26(24-48)8-13-38(49)50)3-1-4-32-29(11-10-28-20-27-9-6-25(15-18-47)19-30(27)21-33(28)32)22-36(45-37-5-2-16-43-37)34(23-39(51)52)35-14-17-44-40(42)46-35/h2,5-6,9,16,18-21,23-24,26,29,31-32,35-36,38,43,49-50H,1,3-4,7-8,10-15,17,22,41H2,(H,51,52)(H3,42,44,46)/q-1/b34-23+/t26-,29+,31+,32+,35+,36+/m0/s1. The number of nitrogens with one attached hydrogen (secondary N) is 2. The second-order valence-corrected chi connectivity index (χ2v) is 14.4. The van der Waals surface area contributed by atoms with E-state index in [1.54, 1.807) is 6.20 Å². The number of carboxylic acid groups (broad SMARTS) is 1. The highest BCUT2D eigenvalue weighted by atomic mass is 16.5. The molecule has 1 aliphatic carbocycles. The minimum Gasteiger partial charge on any atom is -0.478 e. The molecule has 5 rings (SSSR count). The van der Waals surface area contributed by atoms with Crippen LogP contribution in [0.3, 0.4) is 0 Å². The quantitative estimate of drug-likeness (QED) is 0.0481. The van der Waals surface area contributed by atoms with Crippen LogP contribution in [0.5, 0.6) is 0 Å². The van der Waals surface area contributed by atoms with E-state index in [1.165, 1.54) is 17.2 Å². The molecule has 2 aliphatic rings. The predicted octanol–water partition coefficient (Wildman–Crippen LogP) is 4.89.